The highest BCUT2D eigenvalue weighted by atomic mass is 32.2. The Morgan fingerprint density at radius 2 is 1.82 bits per heavy atom. The van der Waals surface area contributed by atoms with Crippen LogP contribution in [0.1, 0.15) is 19.8 Å². The Balaban J connectivity index is 1.95. The van der Waals surface area contributed by atoms with Crippen molar-refractivity contribution >= 4 is 38.0 Å². The molecule has 3 heterocycles. The topological polar surface area (TPSA) is 94.6 Å². The second-order valence-electron chi connectivity index (χ2n) is 6.28. The smallest absolute Gasteiger partial charge is 0.164 e. The summed E-state index contributed by atoms with van der Waals surface area (Å²) >= 11 is 1.38. The fourth-order valence-electron chi connectivity index (χ4n) is 2.89. The maximum atomic E-state index is 12.8. The monoisotopic (exact) mass is 409 g/mol. The van der Waals surface area contributed by atoms with Crippen LogP contribution in [0, 0.1) is 0 Å². The Morgan fingerprint density at radius 3 is 2.54 bits per heavy atom. The van der Waals surface area contributed by atoms with Gasteiger partial charge < -0.3 is 5.73 Å². The first-order chi connectivity index (χ1) is 13.7. The van der Waals surface area contributed by atoms with Gasteiger partial charge in [0.25, 0.3) is 0 Å². The van der Waals surface area contributed by atoms with E-state index in [1.165, 1.54) is 17.7 Å². The Hall–Kier alpha value is -2.71. The molecule has 1 atom stereocenters. The first-order valence-corrected chi connectivity index (χ1v) is 11.1. The van der Waals surface area contributed by atoms with Gasteiger partial charge >= 0.3 is 0 Å². The molecule has 0 saturated heterocycles. The van der Waals surface area contributed by atoms with E-state index < -0.39 is 10.8 Å². The van der Waals surface area contributed by atoms with E-state index in [1.54, 1.807) is 12.4 Å². The zero-order valence-electron chi connectivity index (χ0n) is 15.3. The normalized spacial score (nSPS) is 12.3. The average molecular weight is 410 g/mol. The maximum Gasteiger partial charge on any atom is 0.164 e. The predicted octanol–water partition coefficient (Wildman–Crippen LogP) is 4.31. The van der Waals surface area contributed by atoms with Crippen molar-refractivity contribution in [2.24, 2.45) is 0 Å². The second kappa shape index (κ2) is 8.12. The predicted molar refractivity (Wildman–Crippen MR) is 114 cm³/mol. The summed E-state index contributed by atoms with van der Waals surface area (Å²) < 4.78 is 13.4. The molecule has 0 aliphatic heterocycles. The van der Waals surface area contributed by atoms with Crippen molar-refractivity contribution in [3.05, 3.63) is 49.1 Å². The summed E-state index contributed by atoms with van der Waals surface area (Å²) in [5.74, 6) is 1.13. The Morgan fingerprint density at radius 1 is 1.07 bits per heavy atom. The lowest BCUT2D eigenvalue weighted by molar-refractivity contribution is 0.681. The third kappa shape index (κ3) is 3.53. The molecule has 0 saturated carbocycles. The van der Waals surface area contributed by atoms with Crippen LogP contribution in [0.4, 0.5) is 5.69 Å². The van der Waals surface area contributed by atoms with Crippen LogP contribution < -0.4 is 5.73 Å². The summed E-state index contributed by atoms with van der Waals surface area (Å²) in [6.07, 6.45) is 6.71. The van der Waals surface area contributed by atoms with Crippen molar-refractivity contribution in [2.45, 2.75) is 24.0 Å². The van der Waals surface area contributed by atoms with Crippen LogP contribution in [0.15, 0.2) is 53.3 Å². The van der Waals surface area contributed by atoms with E-state index in [0.717, 1.165) is 39.9 Å². The molecule has 0 aliphatic carbocycles. The van der Waals surface area contributed by atoms with Gasteiger partial charge in [-0.15, -0.1) is 11.3 Å². The molecule has 0 aliphatic rings. The maximum absolute atomic E-state index is 12.8. The van der Waals surface area contributed by atoms with E-state index in [0.29, 0.717) is 21.5 Å². The van der Waals surface area contributed by atoms with Gasteiger partial charge in [-0.2, -0.15) is 0 Å². The summed E-state index contributed by atoms with van der Waals surface area (Å²) in [6, 6.07) is 9.83. The zero-order chi connectivity index (χ0) is 19.5. The third-order valence-corrected chi connectivity index (χ3v) is 7.31. The van der Waals surface area contributed by atoms with Gasteiger partial charge in [-0.25, -0.2) is 19.9 Å². The van der Waals surface area contributed by atoms with Crippen molar-refractivity contribution in [1.29, 1.82) is 0 Å². The molecule has 28 heavy (non-hydrogen) atoms. The van der Waals surface area contributed by atoms with Crippen LogP contribution >= 0.6 is 11.3 Å². The first-order valence-electron chi connectivity index (χ1n) is 8.98. The standard InChI is InChI=1S/C20H19N5OS2/c1-2-3-9-28(26)20-16(21)15-17(13-7-5-4-6-8-13)24-18(25-19(15)27-20)14-10-22-12-23-11-14/h4-8,10-12H,2-3,9,21H2,1H3. The van der Waals surface area contributed by atoms with E-state index >= 15 is 0 Å². The van der Waals surface area contributed by atoms with Crippen molar-refractivity contribution < 1.29 is 4.21 Å². The van der Waals surface area contributed by atoms with Crippen molar-refractivity contribution in [3.63, 3.8) is 0 Å². The highest BCUT2D eigenvalue weighted by molar-refractivity contribution is 7.87. The number of anilines is 1. The molecular formula is C20H19N5OS2. The van der Waals surface area contributed by atoms with Gasteiger partial charge in [-0.1, -0.05) is 43.7 Å². The number of nitrogen functional groups attached to an aromatic ring is 1. The number of unbranched alkanes of at least 4 members (excludes halogenated alkanes) is 1. The lowest BCUT2D eigenvalue weighted by Gasteiger charge is -2.07. The third-order valence-electron chi connectivity index (χ3n) is 4.31. The quantitative estimate of drug-likeness (QED) is 0.510. The van der Waals surface area contributed by atoms with Crippen molar-refractivity contribution in [3.8, 4) is 22.6 Å². The number of nitrogens with zero attached hydrogens (tertiary/aromatic N) is 4. The van der Waals surface area contributed by atoms with E-state index in [-0.39, 0.29) is 0 Å². The number of benzene rings is 1. The number of hydrogen-bond acceptors (Lipinski definition) is 7. The molecular weight excluding hydrogens is 390 g/mol. The Labute approximate surface area is 169 Å². The largest absolute Gasteiger partial charge is 0.396 e. The SMILES string of the molecule is CCCCS(=O)c1sc2nc(-c3cncnc3)nc(-c3ccccc3)c2c1N. The van der Waals surface area contributed by atoms with Gasteiger partial charge in [0.15, 0.2) is 5.82 Å². The summed E-state index contributed by atoms with van der Waals surface area (Å²) in [5.41, 5.74) is 9.36. The number of aromatic nitrogens is 4. The summed E-state index contributed by atoms with van der Waals surface area (Å²) in [5, 5.41) is 0.761. The molecule has 0 radical (unpaired) electrons. The molecule has 8 heteroatoms. The van der Waals surface area contributed by atoms with Gasteiger partial charge in [0.05, 0.1) is 33.1 Å². The minimum absolute atomic E-state index is 0.518. The molecule has 2 N–H and O–H groups in total. The second-order valence-corrected chi connectivity index (χ2v) is 9.04. The van der Waals surface area contributed by atoms with Gasteiger partial charge in [-0.3, -0.25) is 4.21 Å². The number of thiophene rings is 1. The first kappa shape index (κ1) is 18.6. The summed E-state index contributed by atoms with van der Waals surface area (Å²) in [4.78, 5) is 18.3. The van der Waals surface area contributed by atoms with E-state index in [9.17, 15) is 4.21 Å². The number of hydrogen-bond donors (Lipinski definition) is 1. The Kier molecular flexibility index (Phi) is 5.40. The van der Waals surface area contributed by atoms with Crippen LogP contribution in [-0.2, 0) is 10.8 Å². The van der Waals surface area contributed by atoms with E-state index in [4.69, 9.17) is 10.7 Å². The molecule has 142 valence electrons. The van der Waals surface area contributed by atoms with Crippen molar-refractivity contribution in [1.82, 2.24) is 19.9 Å². The molecule has 4 aromatic rings. The molecule has 0 amide bonds. The molecule has 0 bridgehead atoms. The molecule has 4 rings (SSSR count). The lowest BCUT2D eigenvalue weighted by atomic mass is 10.1. The van der Waals surface area contributed by atoms with E-state index in [2.05, 4.69) is 21.9 Å². The minimum atomic E-state index is -1.14. The molecule has 1 unspecified atom stereocenters. The van der Waals surface area contributed by atoms with Crippen LogP contribution in [0.2, 0.25) is 0 Å². The van der Waals surface area contributed by atoms with E-state index in [1.807, 2.05) is 30.3 Å². The lowest BCUT2D eigenvalue weighted by Crippen LogP contribution is -1.99. The highest BCUT2D eigenvalue weighted by Crippen LogP contribution is 2.41. The number of nitrogens with two attached hydrogens (primary N) is 1. The average Bonchev–Trinajstić information content (AvgIpc) is 3.09. The molecule has 6 nitrogen and oxygen atoms in total. The van der Waals surface area contributed by atoms with Gasteiger partial charge in [-0.05, 0) is 6.42 Å². The summed E-state index contributed by atoms with van der Waals surface area (Å²) in [7, 11) is -1.14. The van der Waals surface area contributed by atoms with Crippen LogP contribution in [0.5, 0.6) is 0 Å². The molecule has 3 aromatic heterocycles. The Bertz CT molecular complexity index is 1130. The van der Waals surface area contributed by atoms with Crippen LogP contribution in [-0.4, -0.2) is 29.9 Å². The van der Waals surface area contributed by atoms with Crippen LogP contribution in [0.25, 0.3) is 32.9 Å². The van der Waals surface area contributed by atoms with Gasteiger partial charge in [0.2, 0.25) is 0 Å². The molecule has 0 spiro atoms. The number of fused-ring (bicyclic) bond motifs is 1. The fourth-order valence-corrected chi connectivity index (χ4v) is 5.66. The highest BCUT2D eigenvalue weighted by Gasteiger charge is 2.21. The molecule has 1 aromatic carbocycles. The van der Waals surface area contributed by atoms with Crippen molar-refractivity contribution in [2.75, 3.05) is 11.5 Å². The van der Waals surface area contributed by atoms with Gasteiger partial charge in [0.1, 0.15) is 15.4 Å². The van der Waals surface area contributed by atoms with Crippen LogP contribution in [0.3, 0.4) is 0 Å². The fraction of sp³-hybridized carbons (Fsp3) is 0.200. The summed E-state index contributed by atoms with van der Waals surface area (Å²) in [6.45, 7) is 2.08. The molecule has 0 fully saturated rings. The number of rotatable bonds is 6. The minimum Gasteiger partial charge on any atom is -0.396 e. The zero-order valence-corrected chi connectivity index (χ0v) is 17.0. The van der Waals surface area contributed by atoms with Gasteiger partial charge in [0, 0.05) is 23.7 Å².